The van der Waals surface area contributed by atoms with Gasteiger partial charge in [0.05, 0.1) is 43.4 Å². The van der Waals surface area contributed by atoms with Crippen molar-refractivity contribution >= 4 is 58.0 Å². The number of carboxylic acid groups (broad SMARTS) is 4. The third-order valence-corrected chi connectivity index (χ3v) is 10.1. The number of nitrogens with zero attached hydrogens (tertiary/aromatic N) is 6. The van der Waals surface area contributed by atoms with Gasteiger partial charge in [-0.1, -0.05) is 40.2 Å². The zero-order chi connectivity index (χ0) is 55.1. The van der Waals surface area contributed by atoms with E-state index in [0.29, 0.717) is 64.5 Å². The van der Waals surface area contributed by atoms with Crippen molar-refractivity contribution in [2.24, 2.45) is 0 Å². The molecule has 0 aromatic heterocycles. The van der Waals surface area contributed by atoms with Crippen molar-refractivity contribution in [2.45, 2.75) is 77.7 Å². The number of benzene rings is 2. The first-order valence-corrected chi connectivity index (χ1v) is 23.9. The number of aromatic carboxylic acids is 2. The van der Waals surface area contributed by atoms with Crippen molar-refractivity contribution in [3.63, 3.8) is 0 Å². The summed E-state index contributed by atoms with van der Waals surface area (Å²) in [5.41, 5.74) is 1.64. The predicted octanol–water partition coefficient (Wildman–Crippen LogP) is 4.41. The smallest absolute Gasteiger partial charge is 0.446 e. The highest BCUT2D eigenvalue weighted by Crippen LogP contribution is 2.12. The van der Waals surface area contributed by atoms with Gasteiger partial charge in [0.1, 0.15) is 11.2 Å². The minimum Gasteiger partial charge on any atom is -0.480 e. The van der Waals surface area contributed by atoms with Crippen molar-refractivity contribution in [3.8, 4) is 6.07 Å². The summed E-state index contributed by atoms with van der Waals surface area (Å²) in [5, 5.41) is 47.1. The third-order valence-electron chi connectivity index (χ3n) is 9.50. The molecule has 20 nitrogen and oxygen atoms in total. The minimum atomic E-state index is -4.64. The van der Waals surface area contributed by atoms with E-state index in [1.165, 1.54) is 6.92 Å². The Morgan fingerprint density at radius 2 is 0.889 bits per heavy atom. The number of rotatable bonds is 13. The highest BCUT2D eigenvalue weighted by molar-refractivity contribution is 9.08. The second kappa shape index (κ2) is 34.8. The Morgan fingerprint density at radius 1 is 0.597 bits per heavy atom. The molecule has 2 aromatic carbocycles. The number of hydrogen-bond acceptors (Lipinski definition) is 16. The van der Waals surface area contributed by atoms with Crippen molar-refractivity contribution in [1.82, 2.24) is 29.8 Å². The second-order valence-electron chi connectivity index (χ2n) is 18.1. The molecule has 0 bridgehead atoms. The summed E-state index contributed by atoms with van der Waals surface area (Å²) >= 11 is 3.27. The van der Waals surface area contributed by atoms with Gasteiger partial charge in [-0.3, -0.25) is 48.5 Å². The quantitative estimate of drug-likeness (QED) is 0.106. The molecule has 0 unspecified atom stereocenters. The standard InChI is InChI=1S/C18H25N3O6.C18H35N3O4.C8H7BrO2.C2HF3O.C2H3N/c22-16(23)12-20-7-5-19(6-8-21(10-9-20)13-17(24)25)11-14-1-3-15(4-2-14)18(26)27;1-17(2,3)24-15(22)13-20-9-7-19-8-10-21(12-11-20)14-16(23)25-18(4,5)6;9-5-6-1-3-7(4-2-6)8(10)11;3-2(4,5)1-6;1-2-3/h1-4H,5-13H2,(H,22,23)(H,24,25)(H,26,27);19H,7-14H2,1-6H3;1-4H,5H2,(H,10,11);1H;1H3. The van der Waals surface area contributed by atoms with Gasteiger partial charge in [-0.05, 0) is 76.9 Å². The second-order valence-corrected chi connectivity index (χ2v) is 18.7. The van der Waals surface area contributed by atoms with Crippen LogP contribution in [0.15, 0.2) is 48.5 Å². The molecular formula is C48H71BrF3N7O13. The van der Waals surface area contributed by atoms with Gasteiger partial charge in [-0.25, -0.2) is 9.59 Å². The molecule has 2 aromatic rings. The summed E-state index contributed by atoms with van der Waals surface area (Å²) < 4.78 is 42.1. The van der Waals surface area contributed by atoms with Gasteiger partial charge in [-0.2, -0.15) is 18.4 Å². The molecular weight excluding hydrogens is 1020 g/mol. The van der Waals surface area contributed by atoms with Crippen LogP contribution >= 0.6 is 15.9 Å². The van der Waals surface area contributed by atoms with E-state index in [1.807, 2.05) is 51.3 Å². The number of aldehydes is 1. The van der Waals surface area contributed by atoms with Crippen LogP contribution in [-0.2, 0) is 45.3 Å². The number of aliphatic carboxylic acids is 2. The van der Waals surface area contributed by atoms with Crippen LogP contribution in [0.1, 0.15) is 80.3 Å². The fraction of sp³-hybridized carbons (Fsp3) is 0.583. The van der Waals surface area contributed by atoms with Crippen LogP contribution in [0.2, 0.25) is 0 Å². The van der Waals surface area contributed by atoms with E-state index < -0.39 is 47.5 Å². The lowest BCUT2D eigenvalue weighted by atomic mass is 10.1. The average molecular weight is 1090 g/mol. The summed E-state index contributed by atoms with van der Waals surface area (Å²) in [6.45, 7) is 21.6. The van der Waals surface area contributed by atoms with Crippen LogP contribution < -0.4 is 5.32 Å². The lowest BCUT2D eigenvalue weighted by Gasteiger charge is -2.27. The first kappa shape index (κ1) is 66.5. The lowest BCUT2D eigenvalue weighted by molar-refractivity contribution is -0.158. The van der Waals surface area contributed by atoms with Gasteiger partial charge >= 0.3 is 42.0 Å². The van der Waals surface area contributed by atoms with E-state index in [1.54, 1.807) is 54.6 Å². The van der Waals surface area contributed by atoms with Crippen LogP contribution in [0.4, 0.5) is 13.2 Å². The zero-order valence-electron chi connectivity index (χ0n) is 42.1. The molecule has 0 spiro atoms. The number of ether oxygens (including phenoxy) is 2. The molecule has 2 aliphatic rings. The summed E-state index contributed by atoms with van der Waals surface area (Å²) in [6, 6.07) is 15.2. The molecule has 24 heteroatoms. The van der Waals surface area contributed by atoms with Gasteiger partial charge in [0, 0.05) is 97.3 Å². The molecule has 0 amide bonds. The maximum atomic E-state index is 12.1. The van der Waals surface area contributed by atoms with Crippen molar-refractivity contribution in [1.29, 1.82) is 5.26 Å². The lowest BCUT2D eigenvalue weighted by Crippen LogP contribution is -2.42. The number of halogens is 4. The Hall–Kier alpha value is -5.55. The summed E-state index contributed by atoms with van der Waals surface area (Å²) in [5.74, 6) is -4.11. The molecule has 404 valence electrons. The van der Waals surface area contributed by atoms with E-state index >= 15 is 0 Å². The van der Waals surface area contributed by atoms with E-state index in [9.17, 15) is 41.9 Å². The number of esters is 2. The molecule has 2 saturated heterocycles. The van der Waals surface area contributed by atoms with E-state index in [2.05, 4.69) is 35.9 Å². The molecule has 72 heavy (non-hydrogen) atoms. The van der Waals surface area contributed by atoms with Crippen LogP contribution in [0, 0.1) is 11.3 Å². The molecule has 0 atom stereocenters. The van der Waals surface area contributed by atoms with E-state index in [4.69, 9.17) is 40.0 Å². The Bertz CT molecular complexity index is 1940. The monoisotopic (exact) mass is 1090 g/mol. The van der Waals surface area contributed by atoms with E-state index in [0.717, 1.165) is 42.6 Å². The molecule has 0 radical (unpaired) electrons. The SMILES string of the molecule is CC#N.CC(C)(C)OC(=O)CN1CCNCCN(CC(=O)OC(C)(C)C)CC1.O=C(O)CN1CCN(CC(=O)O)CCN(Cc2ccc(C(=O)O)cc2)CC1.O=C(O)c1ccc(CBr)cc1.O=CC(F)(F)F. The van der Waals surface area contributed by atoms with Crippen LogP contribution in [0.25, 0.3) is 0 Å². The maximum absolute atomic E-state index is 12.1. The summed E-state index contributed by atoms with van der Waals surface area (Å²) in [7, 11) is 0. The minimum absolute atomic E-state index is 0.0813. The highest BCUT2D eigenvalue weighted by atomic mass is 79.9. The van der Waals surface area contributed by atoms with Gasteiger partial charge in [0.2, 0.25) is 6.29 Å². The normalized spacial score (nSPS) is 15.6. The zero-order valence-corrected chi connectivity index (χ0v) is 43.7. The molecule has 2 aliphatic heterocycles. The molecule has 0 aliphatic carbocycles. The number of alkyl halides is 4. The number of carbonyl (C=O) groups excluding carboxylic acids is 3. The molecule has 2 fully saturated rings. The summed E-state index contributed by atoms with van der Waals surface area (Å²) in [6.07, 6.45) is -5.70. The molecule has 2 heterocycles. The van der Waals surface area contributed by atoms with Gasteiger partial charge in [0.25, 0.3) is 0 Å². The van der Waals surface area contributed by atoms with Gasteiger partial charge in [0.15, 0.2) is 0 Å². The number of hydrogen-bond donors (Lipinski definition) is 5. The summed E-state index contributed by atoms with van der Waals surface area (Å²) in [4.78, 5) is 86.1. The first-order chi connectivity index (χ1) is 33.5. The molecule has 4 rings (SSSR count). The topological polar surface area (TPSA) is 271 Å². The van der Waals surface area contributed by atoms with Gasteiger partial charge < -0.3 is 35.2 Å². The number of carboxylic acids is 4. The Labute approximate surface area is 427 Å². The van der Waals surface area contributed by atoms with Crippen molar-refractivity contribution < 1.29 is 76.6 Å². The average Bonchev–Trinajstić information content (AvgIpc) is 3.42. The van der Waals surface area contributed by atoms with Crippen molar-refractivity contribution in [3.05, 3.63) is 70.8 Å². The van der Waals surface area contributed by atoms with Crippen LogP contribution in [-0.4, -0.2) is 209 Å². The molecule has 5 N–H and O–H groups in total. The van der Waals surface area contributed by atoms with Crippen molar-refractivity contribution in [2.75, 3.05) is 105 Å². The Balaban J connectivity index is 0.00000102. The fourth-order valence-electron chi connectivity index (χ4n) is 6.32. The number of nitriles is 1. The molecule has 0 saturated carbocycles. The number of nitrogens with one attached hydrogen (secondary N) is 1. The maximum Gasteiger partial charge on any atom is 0.446 e. The highest BCUT2D eigenvalue weighted by Gasteiger charge is 2.25. The Kier molecular flexibility index (Phi) is 32.1. The largest absolute Gasteiger partial charge is 0.480 e. The fourth-order valence-corrected chi connectivity index (χ4v) is 6.70. The van der Waals surface area contributed by atoms with E-state index in [-0.39, 0.29) is 43.7 Å². The number of carbonyl (C=O) groups is 7. The van der Waals surface area contributed by atoms with Gasteiger partial charge in [-0.15, -0.1) is 0 Å². The van der Waals surface area contributed by atoms with Crippen LogP contribution in [0.5, 0.6) is 0 Å². The van der Waals surface area contributed by atoms with Crippen LogP contribution in [0.3, 0.4) is 0 Å². The predicted molar refractivity (Wildman–Crippen MR) is 264 cm³/mol. The first-order valence-electron chi connectivity index (χ1n) is 22.7. The Morgan fingerprint density at radius 3 is 1.15 bits per heavy atom. The third kappa shape index (κ3) is 35.5.